The van der Waals surface area contributed by atoms with Crippen molar-refractivity contribution in [2.75, 3.05) is 13.1 Å². The minimum Gasteiger partial charge on any atom is -0.355 e. The molecule has 0 bridgehead atoms. The van der Waals surface area contributed by atoms with Crippen LogP contribution in [0.4, 0.5) is 0 Å². The van der Waals surface area contributed by atoms with Gasteiger partial charge in [0.2, 0.25) is 5.91 Å². The lowest BCUT2D eigenvalue weighted by Gasteiger charge is -2.15. The third-order valence-corrected chi connectivity index (χ3v) is 3.24. The highest BCUT2D eigenvalue weighted by atomic mass is 16.2. The normalized spacial score (nSPS) is 23.8. The van der Waals surface area contributed by atoms with Gasteiger partial charge in [0.1, 0.15) is 0 Å². The van der Waals surface area contributed by atoms with Crippen molar-refractivity contribution >= 4 is 5.91 Å². The highest BCUT2D eigenvalue weighted by Crippen LogP contribution is 2.13. The predicted molar refractivity (Wildman–Crippen MR) is 65.4 cm³/mol. The number of amides is 1. The van der Waals surface area contributed by atoms with Crippen LogP contribution in [0.15, 0.2) is 18.5 Å². The maximum atomic E-state index is 11.8. The molecule has 0 aliphatic carbocycles. The van der Waals surface area contributed by atoms with Crippen LogP contribution in [0, 0.1) is 5.92 Å². The molecule has 1 aromatic heterocycles. The Morgan fingerprint density at radius 2 is 2.53 bits per heavy atom. The van der Waals surface area contributed by atoms with Crippen LogP contribution in [0.25, 0.3) is 0 Å². The number of hydrogen-bond donors (Lipinski definition) is 2. The number of hydrogen-bond acceptors (Lipinski definition) is 3. The van der Waals surface area contributed by atoms with Gasteiger partial charge >= 0.3 is 0 Å². The molecular weight excluding hydrogens is 216 g/mol. The van der Waals surface area contributed by atoms with Gasteiger partial charge in [-0.25, -0.2) is 0 Å². The quantitative estimate of drug-likeness (QED) is 0.727. The summed E-state index contributed by atoms with van der Waals surface area (Å²) in [5.41, 5.74) is 0. The van der Waals surface area contributed by atoms with Gasteiger partial charge in [-0.05, 0) is 31.4 Å². The summed E-state index contributed by atoms with van der Waals surface area (Å²) in [5.74, 6) is 0.580. The van der Waals surface area contributed by atoms with Gasteiger partial charge in [0, 0.05) is 25.5 Å². The largest absolute Gasteiger partial charge is 0.355 e. The Hall–Kier alpha value is -1.36. The molecule has 0 spiro atoms. The topological polar surface area (TPSA) is 59.0 Å². The first-order chi connectivity index (χ1) is 8.27. The van der Waals surface area contributed by atoms with E-state index < -0.39 is 0 Å². The molecule has 94 valence electrons. The zero-order valence-electron chi connectivity index (χ0n) is 10.2. The average Bonchev–Trinajstić information content (AvgIpc) is 2.95. The van der Waals surface area contributed by atoms with Crippen LogP contribution in [0.5, 0.6) is 0 Å². The maximum absolute atomic E-state index is 11.8. The Bertz CT molecular complexity index is 349. The summed E-state index contributed by atoms with van der Waals surface area (Å²) >= 11 is 0. The van der Waals surface area contributed by atoms with E-state index in [1.165, 1.54) is 0 Å². The highest BCUT2D eigenvalue weighted by Gasteiger charge is 2.28. The number of nitrogens with zero attached hydrogens (tertiary/aromatic N) is 2. The molecule has 2 N–H and O–H groups in total. The van der Waals surface area contributed by atoms with Crippen LogP contribution in [-0.4, -0.2) is 34.8 Å². The number of aromatic nitrogens is 2. The molecule has 0 radical (unpaired) electrons. The van der Waals surface area contributed by atoms with E-state index in [1.807, 2.05) is 16.9 Å². The van der Waals surface area contributed by atoms with Crippen LogP contribution in [0.1, 0.15) is 19.8 Å². The fourth-order valence-electron chi connectivity index (χ4n) is 2.18. The van der Waals surface area contributed by atoms with Gasteiger partial charge in [0.25, 0.3) is 0 Å². The van der Waals surface area contributed by atoms with Gasteiger partial charge < -0.3 is 10.6 Å². The molecule has 2 heterocycles. The van der Waals surface area contributed by atoms with E-state index in [1.54, 1.807) is 6.20 Å². The van der Waals surface area contributed by atoms with Crippen LogP contribution < -0.4 is 10.6 Å². The van der Waals surface area contributed by atoms with Crippen molar-refractivity contribution < 1.29 is 4.79 Å². The number of carbonyl (C=O) groups excluding carboxylic acids is 1. The Balaban J connectivity index is 1.63. The number of aryl methyl sites for hydroxylation is 1. The minimum absolute atomic E-state index is 0.000275. The molecule has 2 rings (SSSR count). The van der Waals surface area contributed by atoms with Crippen molar-refractivity contribution in [3.05, 3.63) is 18.5 Å². The van der Waals surface area contributed by atoms with Crippen molar-refractivity contribution in [2.45, 2.75) is 32.4 Å². The van der Waals surface area contributed by atoms with Crippen LogP contribution in [0.2, 0.25) is 0 Å². The van der Waals surface area contributed by atoms with E-state index in [4.69, 9.17) is 0 Å². The predicted octanol–water partition coefficient (Wildman–Crippen LogP) is 0.387. The molecular formula is C12H20N4O. The summed E-state index contributed by atoms with van der Waals surface area (Å²) in [6.45, 7) is 4.63. The zero-order chi connectivity index (χ0) is 12.1. The van der Waals surface area contributed by atoms with E-state index in [0.29, 0.717) is 12.5 Å². The Morgan fingerprint density at radius 3 is 3.18 bits per heavy atom. The number of nitrogens with one attached hydrogen (secondary N) is 2. The highest BCUT2D eigenvalue weighted by molar-refractivity contribution is 5.82. The molecule has 5 heteroatoms. The summed E-state index contributed by atoms with van der Waals surface area (Å²) < 4.78 is 1.88. The summed E-state index contributed by atoms with van der Waals surface area (Å²) in [6.07, 6.45) is 5.70. The lowest BCUT2D eigenvalue weighted by Crippen LogP contribution is -2.43. The van der Waals surface area contributed by atoms with Crippen LogP contribution >= 0.6 is 0 Å². The third-order valence-electron chi connectivity index (χ3n) is 3.24. The second kappa shape index (κ2) is 5.82. The average molecular weight is 236 g/mol. The standard InChI is InChI=1S/C12H20N4O/c1-10-4-7-13-11(10)12(17)14-5-2-8-16-9-3-6-15-16/h3,6,9-11,13H,2,4-5,7-8H2,1H3,(H,14,17). The smallest absolute Gasteiger partial charge is 0.237 e. The summed E-state index contributed by atoms with van der Waals surface area (Å²) in [4.78, 5) is 11.8. The van der Waals surface area contributed by atoms with Gasteiger partial charge in [-0.15, -0.1) is 0 Å². The number of rotatable bonds is 5. The molecule has 1 aliphatic heterocycles. The first-order valence-corrected chi connectivity index (χ1v) is 6.26. The van der Waals surface area contributed by atoms with E-state index in [9.17, 15) is 4.79 Å². The molecule has 0 saturated carbocycles. The fraction of sp³-hybridized carbons (Fsp3) is 0.667. The second-order valence-electron chi connectivity index (χ2n) is 4.61. The molecule has 2 atom stereocenters. The van der Waals surface area contributed by atoms with E-state index >= 15 is 0 Å². The molecule has 1 aromatic rings. The zero-order valence-corrected chi connectivity index (χ0v) is 10.2. The molecule has 2 unspecified atom stereocenters. The molecule has 5 nitrogen and oxygen atoms in total. The van der Waals surface area contributed by atoms with Gasteiger partial charge in [-0.2, -0.15) is 5.10 Å². The van der Waals surface area contributed by atoms with Gasteiger partial charge in [0.05, 0.1) is 6.04 Å². The van der Waals surface area contributed by atoms with Crippen molar-refractivity contribution in [3.8, 4) is 0 Å². The molecule has 0 aromatic carbocycles. The molecule has 1 amide bonds. The second-order valence-corrected chi connectivity index (χ2v) is 4.61. The van der Waals surface area contributed by atoms with E-state index in [2.05, 4.69) is 22.7 Å². The fourth-order valence-corrected chi connectivity index (χ4v) is 2.18. The Kier molecular flexibility index (Phi) is 4.14. The first-order valence-electron chi connectivity index (χ1n) is 6.26. The van der Waals surface area contributed by atoms with Crippen molar-refractivity contribution in [1.82, 2.24) is 20.4 Å². The minimum atomic E-state index is -0.000275. The summed E-state index contributed by atoms with van der Waals surface area (Å²) in [6, 6.07) is 1.91. The number of carbonyl (C=O) groups is 1. The Morgan fingerprint density at radius 1 is 1.65 bits per heavy atom. The lowest BCUT2D eigenvalue weighted by atomic mass is 10.0. The Labute approximate surface area is 102 Å². The molecule has 1 aliphatic rings. The molecule has 1 saturated heterocycles. The lowest BCUT2D eigenvalue weighted by molar-refractivity contribution is -0.123. The third kappa shape index (κ3) is 3.30. The van der Waals surface area contributed by atoms with Gasteiger partial charge in [-0.3, -0.25) is 9.48 Å². The maximum Gasteiger partial charge on any atom is 0.237 e. The van der Waals surface area contributed by atoms with E-state index in [-0.39, 0.29) is 11.9 Å². The molecule has 17 heavy (non-hydrogen) atoms. The van der Waals surface area contributed by atoms with E-state index in [0.717, 1.165) is 25.9 Å². The van der Waals surface area contributed by atoms with Crippen molar-refractivity contribution in [1.29, 1.82) is 0 Å². The monoisotopic (exact) mass is 236 g/mol. The SMILES string of the molecule is CC1CCNC1C(=O)NCCCn1cccn1. The van der Waals surface area contributed by atoms with Crippen LogP contribution in [0.3, 0.4) is 0 Å². The van der Waals surface area contributed by atoms with Crippen molar-refractivity contribution in [3.63, 3.8) is 0 Å². The molecule has 1 fully saturated rings. The van der Waals surface area contributed by atoms with Crippen LogP contribution in [-0.2, 0) is 11.3 Å². The summed E-state index contributed by atoms with van der Waals surface area (Å²) in [7, 11) is 0. The van der Waals surface area contributed by atoms with Crippen molar-refractivity contribution in [2.24, 2.45) is 5.92 Å². The first kappa shape index (κ1) is 12.1. The summed E-state index contributed by atoms with van der Waals surface area (Å²) in [5, 5.41) is 10.3. The van der Waals surface area contributed by atoms with Gasteiger partial charge in [-0.1, -0.05) is 6.92 Å². The van der Waals surface area contributed by atoms with Gasteiger partial charge in [0.15, 0.2) is 0 Å².